The van der Waals surface area contributed by atoms with Crippen molar-refractivity contribution in [1.29, 1.82) is 0 Å². The van der Waals surface area contributed by atoms with Crippen LogP contribution in [0.2, 0.25) is 0 Å². The molecule has 0 spiro atoms. The van der Waals surface area contributed by atoms with E-state index in [1.165, 1.54) is 21.8 Å². The Morgan fingerprint density at radius 3 is 2.15 bits per heavy atom. The molecule has 1 N–H and O–H groups in total. The second-order valence-corrected chi connectivity index (χ2v) is 8.38. The van der Waals surface area contributed by atoms with Gasteiger partial charge in [0.05, 0.1) is 16.4 Å². The molecule has 0 unspecified atom stereocenters. The summed E-state index contributed by atoms with van der Waals surface area (Å²) in [5, 5.41) is 14.6. The summed E-state index contributed by atoms with van der Waals surface area (Å²) >= 11 is 0. The summed E-state index contributed by atoms with van der Waals surface area (Å²) in [6.07, 6.45) is 0. The summed E-state index contributed by atoms with van der Waals surface area (Å²) in [6, 6.07) is 37.2. The van der Waals surface area contributed by atoms with E-state index in [4.69, 9.17) is 4.42 Å². The maximum absolute atomic E-state index is 10.4. The van der Waals surface area contributed by atoms with Gasteiger partial charge in [0.2, 0.25) is 0 Å². The van der Waals surface area contributed by atoms with Gasteiger partial charge < -0.3 is 14.1 Å². The van der Waals surface area contributed by atoms with Crippen molar-refractivity contribution in [3.05, 3.63) is 109 Å². The van der Waals surface area contributed by atoms with Gasteiger partial charge in [-0.3, -0.25) is 0 Å². The largest absolute Gasteiger partial charge is 0.507 e. The molecule has 3 heteroatoms. The first-order valence-corrected chi connectivity index (χ1v) is 11.0. The molecule has 0 aliphatic rings. The zero-order valence-corrected chi connectivity index (χ0v) is 17.7. The second-order valence-electron chi connectivity index (χ2n) is 8.38. The van der Waals surface area contributed by atoms with Crippen LogP contribution in [-0.4, -0.2) is 9.67 Å². The highest BCUT2D eigenvalue weighted by Crippen LogP contribution is 2.39. The first-order valence-electron chi connectivity index (χ1n) is 11.0. The minimum absolute atomic E-state index is 0.241. The van der Waals surface area contributed by atoms with Gasteiger partial charge in [-0.15, -0.1) is 0 Å². The lowest BCUT2D eigenvalue weighted by molar-refractivity contribution is 0.481. The van der Waals surface area contributed by atoms with E-state index in [0.29, 0.717) is 5.58 Å². The van der Waals surface area contributed by atoms with Gasteiger partial charge in [-0.1, -0.05) is 54.6 Å². The summed E-state index contributed by atoms with van der Waals surface area (Å²) < 4.78 is 8.26. The molecule has 7 aromatic rings. The fraction of sp³-hybridized carbons (Fsp3) is 0. The van der Waals surface area contributed by atoms with Crippen molar-refractivity contribution >= 4 is 43.7 Å². The van der Waals surface area contributed by atoms with E-state index in [9.17, 15) is 5.11 Å². The van der Waals surface area contributed by atoms with Crippen LogP contribution >= 0.6 is 0 Å². The van der Waals surface area contributed by atoms with Crippen LogP contribution < -0.4 is 0 Å². The minimum atomic E-state index is 0.241. The van der Waals surface area contributed by atoms with Crippen molar-refractivity contribution in [2.75, 3.05) is 0 Å². The Morgan fingerprint density at radius 2 is 1.27 bits per heavy atom. The number of aromatic nitrogens is 1. The summed E-state index contributed by atoms with van der Waals surface area (Å²) in [7, 11) is 0. The Balaban J connectivity index is 1.49. The molecule has 0 aliphatic carbocycles. The maximum atomic E-state index is 10.4. The number of benzene rings is 5. The Kier molecular flexibility index (Phi) is 3.70. The summed E-state index contributed by atoms with van der Waals surface area (Å²) in [6.45, 7) is 0. The van der Waals surface area contributed by atoms with Gasteiger partial charge >= 0.3 is 0 Å². The SMILES string of the molecule is Oc1cccc2oc3ccc(-c4ccc5c(c4)c4ccccc4n5-c4ccccc4)cc3c12. The van der Waals surface area contributed by atoms with E-state index in [1.807, 2.05) is 18.2 Å². The molecular weight excluding hydrogens is 406 g/mol. The van der Waals surface area contributed by atoms with E-state index < -0.39 is 0 Å². The normalized spacial score (nSPS) is 11.8. The Hall–Kier alpha value is -4.50. The van der Waals surface area contributed by atoms with Crippen molar-refractivity contribution < 1.29 is 9.52 Å². The van der Waals surface area contributed by atoms with Crippen LogP contribution in [0.15, 0.2) is 114 Å². The van der Waals surface area contributed by atoms with Gasteiger partial charge in [0.25, 0.3) is 0 Å². The first-order chi connectivity index (χ1) is 16.3. The van der Waals surface area contributed by atoms with Crippen LogP contribution in [0.5, 0.6) is 5.75 Å². The van der Waals surface area contributed by atoms with Crippen LogP contribution in [0.4, 0.5) is 0 Å². The second kappa shape index (κ2) is 6.75. The Bertz CT molecular complexity index is 1820. The fourth-order valence-electron chi connectivity index (χ4n) is 5.00. The molecule has 0 atom stereocenters. The molecule has 156 valence electrons. The van der Waals surface area contributed by atoms with Gasteiger partial charge in [-0.05, 0) is 65.7 Å². The highest BCUT2D eigenvalue weighted by molar-refractivity contribution is 6.12. The van der Waals surface area contributed by atoms with E-state index >= 15 is 0 Å². The zero-order valence-electron chi connectivity index (χ0n) is 17.7. The number of rotatable bonds is 2. The van der Waals surface area contributed by atoms with Crippen molar-refractivity contribution in [2.24, 2.45) is 0 Å². The molecule has 0 saturated carbocycles. The lowest BCUT2D eigenvalue weighted by atomic mass is 10.0. The highest BCUT2D eigenvalue weighted by atomic mass is 16.3. The quantitative estimate of drug-likeness (QED) is 0.304. The molecule has 2 aromatic heterocycles. The lowest BCUT2D eigenvalue weighted by Gasteiger charge is -2.08. The summed E-state index contributed by atoms with van der Waals surface area (Å²) in [5.41, 5.74) is 7.21. The number of nitrogens with zero attached hydrogens (tertiary/aromatic N) is 1. The Morgan fingerprint density at radius 1 is 0.545 bits per heavy atom. The van der Waals surface area contributed by atoms with E-state index in [-0.39, 0.29) is 5.75 Å². The fourth-order valence-corrected chi connectivity index (χ4v) is 5.00. The molecule has 0 bridgehead atoms. The lowest BCUT2D eigenvalue weighted by Crippen LogP contribution is -1.92. The number of para-hydroxylation sites is 2. The molecule has 0 radical (unpaired) electrons. The summed E-state index contributed by atoms with van der Waals surface area (Å²) in [4.78, 5) is 0. The van der Waals surface area contributed by atoms with Gasteiger partial charge in [-0.25, -0.2) is 0 Å². The number of hydrogen-bond acceptors (Lipinski definition) is 2. The van der Waals surface area contributed by atoms with Crippen molar-refractivity contribution in [3.63, 3.8) is 0 Å². The molecule has 0 amide bonds. The van der Waals surface area contributed by atoms with Crippen LogP contribution in [0.25, 0.3) is 60.6 Å². The van der Waals surface area contributed by atoms with Gasteiger partial charge in [0, 0.05) is 21.8 Å². The average molecular weight is 425 g/mol. The van der Waals surface area contributed by atoms with E-state index in [0.717, 1.165) is 33.2 Å². The molecule has 0 aliphatic heterocycles. The van der Waals surface area contributed by atoms with Crippen molar-refractivity contribution in [1.82, 2.24) is 4.57 Å². The van der Waals surface area contributed by atoms with Crippen LogP contribution in [-0.2, 0) is 0 Å². The molecule has 7 rings (SSSR count). The summed E-state index contributed by atoms with van der Waals surface area (Å²) in [5.74, 6) is 0.241. The van der Waals surface area contributed by atoms with Crippen LogP contribution in [0.3, 0.4) is 0 Å². The third kappa shape index (κ3) is 2.63. The topological polar surface area (TPSA) is 38.3 Å². The van der Waals surface area contributed by atoms with E-state index in [1.54, 1.807) is 12.1 Å². The van der Waals surface area contributed by atoms with Gasteiger partial charge in [0.1, 0.15) is 16.9 Å². The molecule has 0 saturated heterocycles. The average Bonchev–Trinajstić information content (AvgIpc) is 3.40. The molecular formula is C30H19NO2. The monoisotopic (exact) mass is 425 g/mol. The molecule has 33 heavy (non-hydrogen) atoms. The Labute approximate surface area is 189 Å². The zero-order chi connectivity index (χ0) is 21.9. The van der Waals surface area contributed by atoms with Gasteiger partial charge in [0.15, 0.2) is 0 Å². The predicted octanol–water partition coefficient (Wildman–Crippen LogP) is 8.06. The first kappa shape index (κ1) is 18.1. The smallest absolute Gasteiger partial charge is 0.139 e. The minimum Gasteiger partial charge on any atom is -0.507 e. The predicted molar refractivity (Wildman–Crippen MR) is 135 cm³/mol. The van der Waals surface area contributed by atoms with E-state index in [2.05, 4.69) is 83.4 Å². The highest BCUT2D eigenvalue weighted by Gasteiger charge is 2.15. The molecule has 3 nitrogen and oxygen atoms in total. The number of hydrogen-bond donors (Lipinski definition) is 1. The number of fused-ring (bicyclic) bond motifs is 6. The van der Waals surface area contributed by atoms with Crippen molar-refractivity contribution in [3.8, 4) is 22.6 Å². The molecule has 5 aromatic carbocycles. The molecule has 0 fully saturated rings. The van der Waals surface area contributed by atoms with Crippen molar-refractivity contribution in [2.45, 2.75) is 0 Å². The van der Waals surface area contributed by atoms with Crippen LogP contribution in [0.1, 0.15) is 0 Å². The standard InChI is InChI=1S/C30H19NO2/c32-27-11-6-12-29-30(27)24-18-20(14-16-28(24)33-29)19-13-15-26-23(17-19)22-9-4-5-10-25(22)31(26)21-7-2-1-3-8-21/h1-18,32H. The van der Waals surface area contributed by atoms with Gasteiger partial charge in [-0.2, -0.15) is 0 Å². The number of aromatic hydroxyl groups is 1. The number of phenols is 1. The maximum Gasteiger partial charge on any atom is 0.139 e. The third-order valence-corrected chi connectivity index (χ3v) is 6.49. The number of phenolic OH excluding ortho intramolecular Hbond substituents is 1. The number of furan rings is 1. The third-order valence-electron chi connectivity index (χ3n) is 6.49. The van der Waals surface area contributed by atoms with Crippen LogP contribution in [0, 0.1) is 0 Å². The molecule has 2 heterocycles.